The average molecular weight is 313 g/mol. The molecule has 0 spiro atoms. The highest BCUT2D eigenvalue weighted by Crippen LogP contribution is 2.23. The van der Waals surface area contributed by atoms with E-state index in [0.717, 1.165) is 6.54 Å². The highest BCUT2D eigenvalue weighted by molar-refractivity contribution is 7.10. The minimum absolute atomic E-state index is 0.173. The van der Waals surface area contributed by atoms with Gasteiger partial charge < -0.3 is 10.2 Å². The van der Waals surface area contributed by atoms with Crippen LogP contribution in [0.15, 0.2) is 35.7 Å². The van der Waals surface area contributed by atoms with E-state index in [1.807, 2.05) is 20.2 Å². The zero-order valence-corrected chi connectivity index (χ0v) is 13.1. The predicted molar refractivity (Wildman–Crippen MR) is 83.9 cm³/mol. The molecule has 0 fully saturated rings. The van der Waals surface area contributed by atoms with E-state index in [0.29, 0.717) is 12.1 Å². The molecule has 0 aliphatic carbocycles. The lowest BCUT2D eigenvalue weighted by Gasteiger charge is -2.23. The Bertz CT molecular complexity index is 543. The summed E-state index contributed by atoms with van der Waals surface area (Å²) in [5, 5.41) is 5.55. The molecule has 1 aromatic heterocycles. The van der Waals surface area contributed by atoms with E-state index in [2.05, 4.69) is 21.7 Å². The van der Waals surface area contributed by atoms with Crippen molar-refractivity contribution in [2.75, 3.05) is 20.6 Å². The molecule has 2 aromatic rings. The number of hydrogen-bond donors (Lipinski definition) is 1. The summed E-state index contributed by atoms with van der Waals surface area (Å²) >= 11 is 7.51. The Morgan fingerprint density at radius 2 is 2.10 bits per heavy atom. The number of rotatable bonds is 6. The van der Waals surface area contributed by atoms with Gasteiger partial charge in [0.25, 0.3) is 0 Å². The van der Waals surface area contributed by atoms with Crippen LogP contribution in [-0.2, 0) is 6.54 Å². The van der Waals surface area contributed by atoms with Crippen LogP contribution >= 0.6 is 22.9 Å². The van der Waals surface area contributed by atoms with Gasteiger partial charge in [-0.15, -0.1) is 11.3 Å². The van der Waals surface area contributed by atoms with Crippen LogP contribution in [0.2, 0.25) is 5.02 Å². The Morgan fingerprint density at radius 3 is 2.75 bits per heavy atom. The first-order valence-corrected chi connectivity index (χ1v) is 7.68. The summed E-state index contributed by atoms with van der Waals surface area (Å²) < 4.78 is 13.8. The number of halogens is 2. The van der Waals surface area contributed by atoms with Crippen molar-refractivity contribution >= 4 is 22.9 Å². The molecule has 1 unspecified atom stereocenters. The van der Waals surface area contributed by atoms with Gasteiger partial charge in [0.1, 0.15) is 5.82 Å². The molecular weight excluding hydrogens is 295 g/mol. The predicted octanol–water partition coefficient (Wildman–Crippen LogP) is 3.93. The van der Waals surface area contributed by atoms with Crippen LogP contribution in [0, 0.1) is 5.82 Å². The summed E-state index contributed by atoms with van der Waals surface area (Å²) in [6.45, 7) is 1.24. The molecule has 1 heterocycles. The second kappa shape index (κ2) is 7.18. The van der Waals surface area contributed by atoms with Crippen molar-refractivity contribution in [2.45, 2.75) is 12.6 Å². The van der Waals surface area contributed by atoms with Gasteiger partial charge in [-0.2, -0.15) is 0 Å². The molecule has 108 valence electrons. The molecule has 2 rings (SSSR count). The lowest BCUT2D eigenvalue weighted by Crippen LogP contribution is -2.30. The molecule has 2 nitrogen and oxygen atoms in total. The van der Waals surface area contributed by atoms with Crippen molar-refractivity contribution in [1.29, 1.82) is 0 Å². The number of nitrogens with one attached hydrogen (secondary N) is 1. The second-order valence-corrected chi connectivity index (χ2v) is 6.23. The SMILES string of the molecule is CN(C)C(CNCc1cccc(Cl)c1F)c1cccs1. The molecule has 0 saturated carbocycles. The number of benzene rings is 1. The van der Waals surface area contributed by atoms with Crippen LogP contribution in [0.3, 0.4) is 0 Å². The molecule has 0 aliphatic heterocycles. The van der Waals surface area contributed by atoms with Gasteiger partial charge in [0.2, 0.25) is 0 Å². The van der Waals surface area contributed by atoms with Crippen molar-refractivity contribution in [3.05, 3.63) is 57.0 Å². The molecule has 1 atom stereocenters. The molecular formula is C15H18ClFN2S. The fraction of sp³-hybridized carbons (Fsp3) is 0.333. The van der Waals surface area contributed by atoms with Crippen LogP contribution in [0.4, 0.5) is 4.39 Å². The lowest BCUT2D eigenvalue weighted by molar-refractivity contribution is 0.292. The first-order valence-electron chi connectivity index (χ1n) is 6.43. The first kappa shape index (κ1) is 15.4. The summed E-state index contributed by atoms with van der Waals surface area (Å²) in [4.78, 5) is 3.46. The van der Waals surface area contributed by atoms with E-state index >= 15 is 0 Å². The first-order chi connectivity index (χ1) is 9.59. The van der Waals surface area contributed by atoms with Crippen molar-refractivity contribution in [1.82, 2.24) is 10.2 Å². The number of hydrogen-bond acceptors (Lipinski definition) is 3. The third kappa shape index (κ3) is 3.79. The Labute approximate surface area is 128 Å². The maximum absolute atomic E-state index is 13.8. The van der Waals surface area contributed by atoms with Crippen LogP contribution in [0.25, 0.3) is 0 Å². The van der Waals surface area contributed by atoms with Crippen LogP contribution in [0.1, 0.15) is 16.5 Å². The Kier molecular flexibility index (Phi) is 5.54. The minimum atomic E-state index is -0.334. The van der Waals surface area contributed by atoms with E-state index in [9.17, 15) is 4.39 Å². The van der Waals surface area contributed by atoms with E-state index < -0.39 is 0 Å². The van der Waals surface area contributed by atoms with Crippen LogP contribution in [0.5, 0.6) is 0 Å². The van der Waals surface area contributed by atoms with Gasteiger partial charge in [-0.05, 0) is 31.6 Å². The van der Waals surface area contributed by atoms with E-state index in [1.54, 1.807) is 29.5 Å². The van der Waals surface area contributed by atoms with Gasteiger partial charge >= 0.3 is 0 Å². The molecule has 20 heavy (non-hydrogen) atoms. The van der Waals surface area contributed by atoms with E-state index in [4.69, 9.17) is 11.6 Å². The minimum Gasteiger partial charge on any atom is -0.311 e. The summed E-state index contributed by atoms with van der Waals surface area (Å²) in [5.41, 5.74) is 0.598. The molecule has 0 aliphatic rings. The van der Waals surface area contributed by atoms with Gasteiger partial charge in [0, 0.05) is 23.5 Å². The van der Waals surface area contributed by atoms with Crippen molar-refractivity contribution in [2.24, 2.45) is 0 Å². The molecule has 0 amide bonds. The standard InChI is InChI=1S/C15H18ClFN2S/c1-19(2)13(14-7-4-8-20-14)10-18-9-11-5-3-6-12(16)15(11)17/h3-8,13,18H,9-10H2,1-2H3. The second-order valence-electron chi connectivity index (χ2n) is 4.84. The average Bonchev–Trinajstić information content (AvgIpc) is 2.92. The maximum atomic E-state index is 13.8. The van der Waals surface area contributed by atoms with Crippen molar-refractivity contribution in [3.8, 4) is 0 Å². The quantitative estimate of drug-likeness (QED) is 0.869. The third-order valence-corrected chi connectivity index (χ3v) is 4.45. The lowest BCUT2D eigenvalue weighted by atomic mass is 10.2. The maximum Gasteiger partial charge on any atom is 0.146 e. The van der Waals surface area contributed by atoms with Gasteiger partial charge in [0.15, 0.2) is 0 Å². The smallest absolute Gasteiger partial charge is 0.146 e. The molecule has 0 radical (unpaired) electrons. The van der Waals surface area contributed by atoms with Gasteiger partial charge in [-0.25, -0.2) is 4.39 Å². The Hall–Kier alpha value is -0.940. The molecule has 0 bridgehead atoms. The third-order valence-electron chi connectivity index (χ3n) is 3.18. The summed E-state index contributed by atoms with van der Waals surface area (Å²) in [7, 11) is 4.10. The highest BCUT2D eigenvalue weighted by Gasteiger charge is 2.15. The van der Waals surface area contributed by atoms with Crippen molar-refractivity contribution in [3.63, 3.8) is 0 Å². The van der Waals surface area contributed by atoms with Gasteiger partial charge in [0.05, 0.1) is 11.1 Å². The number of thiophene rings is 1. The number of nitrogens with zero attached hydrogens (tertiary/aromatic N) is 1. The fourth-order valence-corrected chi connectivity index (χ4v) is 3.16. The molecule has 5 heteroatoms. The normalized spacial score (nSPS) is 12.8. The Balaban J connectivity index is 1.96. The van der Waals surface area contributed by atoms with Crippen LogP contribution in [-0.4, -0.2) is 25.5 Å². The summed E-state index contributed by atoms with van der Waals surface area (Å²) in [6.07, 6.45) is 0. The number of likely N-dealkylation sites (N-methyl/N-ethyl adjacent to an activating group) is 1. The topological polar surface area (TPSA) is 15.3 Å². The largest absolute Gasteiger partial charge is 0.311 e. The fourth-order valence-electron chi connectivity index (χ4n) is 2.05. The Morgan fingerprint density at radius 1 is 1.30 bits per heavy atom. The zero-order valence-electron chi connectivity index (χ0n) is 11.6. The van der Waals surface area contributed by atoms with Gasteiger partial charge in [-0.1, -0.05) is 29.8 Å². The summed E-state index contributed by atoms with van der Waals surface area (Å²) in [5.74, 6) is -0.334. The van der Waals surface area contributed by atoms with E-state index in [-0.39, 0.29) is 16.9 Å². The zero-order chi connectivity index (χ0) is 14.5. The molecule has 0 saturated heterocycles. The molecule has 1 N–H and O–H groups in total. The highest BCUT2D eigenvalue weighted by atomic mass is 35.5. The van der Waals surface area contributed by atoms with Crippen molar-refractivity contribution < 1.29 is 4.39 Å². The summed E-state index contributed by atoms with van der Waals surface area (Å²) in [6, 6.07) is 9.55. The van der Waals surface area contributed by atoms with Crippen LogP contribution < -0.4 is 5.32 Å². The van der Waals surface area contributed by atoms with Gasteiger partial charge in [-0.3, -0.25) is 0 Å². The van der Waals surface area contributed by atoms with E-state index in [1.165, 1.54) is 4.88 Å². The monoisotopic (exact) mass is 312 g/mol. The molecule has 1 aromatic carbocycles.